The van der Waals surface area contributed by atoms with Crippen molar-refractivity contribution in [3.63, 3.8) is 0 Å². The lowest BCUT2D eigenvalue weighted by Gasteiger charge is -2.32. The molecule has 26 heavy (non-hydrogen) atoms. The van der Waals surface area contributed by atoms with Crippen LogP contribution in [0.4, 0.5) is 5.82 Å². The first-order valence-corrected chi connectivity index (χ1v) is 9.39. The van der Waals surface area contributed by atoms with Crippen molar-refractivity contribution in [2.75, 3.05) is 11.4 Å². The van der Waals surface area contributed by atoms with Crippen LogP contribution in [0.5, 0.6) is 0 Å². The van der Waals surface area contributed by atoms with Gasteiger partial charge in [0.25, 0.3) is 0 Å². The van der Waals surface area contributed by atoms with Crippen molar-refractivity contribution < 1.29 is 5.11 Å². The topological polar surface area (TPSA) is 62.1 Å². The summed E-state index contributed by atoms with van der Waals surface area (Å²) < 4.78 is 0. The van der Waals surface area contributed by atoms with Gasteiger partial charge < -0.3 is 10.0 Å². The van der Waals surface area contributed by atoms with Gasteiger partial charge >= 0.3 is 0 Å². The summed E-state index contributed by atoms with van der Waals surface area (Å²) in [5, 5.41) is 10.7. The predicted octanol–water partition coefficient (Wildman–Crippen LogP) is 3.90. The highest BCUT2D eigenvalue weighted by molar-refractivity contribution is 5.71. The van der Waals surface area contributed by atoms with Crippen LogP contribution in [0, 0.1) is 0 Å². The van der Waals surface area contributed by atoms with Gasteiger partial charge in [0.1, 0.15) is 11.3 Å². The number of hydrogen-bond acceptors (Lipinski definition) is 5. The molecule has 1 N–H and O–H groups in total. The van der Waals surface area contributed by atoms with Crippen molar-refractivity contribution in [2.24, 2.45) is 0 Å². The summed E-state index contributed by atoms with van der Waals surface area (Å²) in [5.41, 5.74) is 2.47. The van der Waals surface area contributed by atoms with E-state index in [1.54, 1.807) is 12.4 Å². The number of anilines is 1. The molecule has 3 aromatic rings. The maximum atomic E-state index is 10.7. The molecule has 2 aromatic heterocycles. The summed E-state index contributed by atoms with van der Waals surface area (Å²) in [6, 6.07) is 14.2. The molecule has 0 bridgehead atoms. The zero-order chi connectivity index (χ0) is 17.8. The van der Waals surface area contributed by atoms with Crippen LogP contribution in [-0.2, 0) is 0 Å². The molecule has 0 saturated carbocycles. The third-order valence-electron chi connectivity index (χ3n) is 5.17. The second-order valence-corrected chi connectivity index (χ2v) is 6.93. The fourth-order valence-electron chi connectivity index (χ4n) is 3.80. The molecule has 0 amide bonds. The SMILES string of the molecule is O[C@@H](C[C@@H]1CCCCCN1c1ccc2nccnc2n1)c1ccccc1. The van der Waals surface area contributed by atoms with Crippen LogP contribution in [0.25, 0.3) is 11.2 Å². The summed E-state index contributed by atoms with van der Waals surface area (Å²) in [4.78, 5) is 15.7. The minimum absolute atomic E-state index is 0.273. The first-order chi connectivity index (χ1) is 12.8. The molecule has 1 fully saturated rings. The van der Waals surface area contributed by atoms with Crippen LogP contribution in [0.15, 0.2) is 54.9 Å². The quantitative estimate of drug-likeness (QED) is 0.775. The number of aliphatic hydroxyl groups excluding tert-OH is 1. The van der Waals surface area contributed by atoms with Gasteiger partial charge in [-0.3, -0.25) is 4.98 Å². The number of fused-ring (bicyclic) bond motifs is 1. The van der Waals surface area contributed by atoms with Gasteiger partial charge in [-0.05, 0) is 37.0 Å². The highest BCUT2D eigenvalue weighted by Gasteiger charge is 2.25. The van der Waals surface area contributed by atoms with Gasteiger partial charge in [0.15, 0.2) is 5.65 Å². The number of hydrogen-bond donors (Lipinski definition) is 1. The fraction of sp³-hybridized carbons (Fsp3) is 0.381. The molecule has 5 nitrogen and oxygen atoms in total. The van der Waals surface area contributed by atoms with Gasteiger partial charge in [-0.2, -0.15) is 0 Å². The van der Waals surface area contributed by atoms with Gasteiger partial charge in [-0.1, -0.05) is 43.2 Å². The lowest BCUT2D eigenvalue weighted by Crippen LogP contribution is -2.36. The van der Waals surface area contributed by atoms with E-state index >= 15 is 0 Å². The molecule has 0 unspecified atom stereocenters. The molecule has 1 aliphatic rings. The lowest BCUT2D eigenvalue weighted by molar-refractivity contribution is 0.155. The van der Waals surface area contributed by atoms with E-state index in [1.165, 1.54) is 12.8 Å². The Kier molecular flexibility index (Phi) is 5.07. The number of nitrogens with zero attached hydrogens (tertiary/aromatic N) is 4. The monoisotopic (exact) mass is 348 g/mol. The molecule has 0 aliphatic carbocycles. The van der Waals surface area contributed by atoms with E-state index in [2.05, 4.69) is 14.9 Å². The van der Waals surface area contributed by atoms with E-state index in [0.29, 0.717) is 12.1 Å². The van der Waals surface area contributed by atoms with Gasteiger partial charge in [0.2, 0.25) is 0 Å². The lowest BCUT2D eigenvalue weighted by atomic mass is 9.98. The second-order valence-electron chi connectivity index (χ2n) is 6.93. The number of aromatic nitrogens is 3. The molecule has 0 radical (unpaired) electrons. The minimum atomic E-state index is -0.456. The summed E-state index contributed by atoms with van der Waals surface area (Å²) in [6.07, 6.45) is 8.26. The van der Waals surface area contributed by atoms with Gasteiger partial charge in [-0.25, -0.2) is 9.97 Å². The summed E-state index contributed by atoms with van der Waals surface area (Å²) in [6.45, 7) is 0.963. The third-order valence-corrected chi connectivity index (χ3v) is 5.17. The zero-order valence-corrected chi connectivity index (χ0v) is 14.8. The smallest absolute Gasteiger partial charge is 0.180 e. The highest BCUT2D eigenvalue weighted by Crippen LogP contribution is 2.29. The summed E-state index contributed by atoms with van der Waals surface area (Å²) in [7, 11) is 0. The van der Waals surface area contributed by atoms with Crippen LogP contribution in [-0.4, -0.2) is 32.6 Å². The zero-order valence-electron chi connectivity index (χ0n) is 14.8. The normalized spacial score (nSPS) is 19.3. The third kappa shape index (κ3) is 3.68. The molecule has 2 atom stereocenters. The van der Waals surface area contributed by atoms with Crippen LogP contribution < -0.4 is 4.90 Å². The molecule has 1 aromatic carbocycles. The van der Waals surface area contributed by atoms with E-state index < -0.39 is 6.10 Å². The van der Waals surface area contributed by atoms with E-state index in [-0.39, 0.29) is 6.04 Å². The standard InChI is InChI=1S/C21H24N4O/c26-19(16-7-3-1-4-8-16)15-17-9-5-2-6-14-25(17)20-11-10-18-21(24-20)23-13-12-22-18/h1,3-4,7-8,10-13,17,19,26H,2,5-6,9,14-15H2/t17-,19-/m0/s1. The number of rotatable bonds is 4. The number of pyridine rings is 1. The van der Waals surface area contributed by atoms with E-state index in [9.17, 15) is 5.11 Å². The van der Waals surface area contributed by atoms with Crippen molar-refractivity contribution in [2.45, 2.75) is 44.2 Å². The first-order valence-electron chi connectivity index (χ1n) is 9.39. The molecule has 134 valence electrons. The van der Waals surface area contributed by atoms with Gasteiger partial charge in [0.05, 0.1) is 6.10 Å². The fourth-order valence-corrected chi connectivity index (χ4v) is 3.80. The molecule has 1 aliphatic heterocycles. The first kappa shape index (κ1) is 16.9. The van der Waals surface area contributed by atoms with Crippen LogP contribution >= 0.6 is 0 Å². The van der Waals surface area contributed by atoms with Crippen LogP contribution in [0.2, 0.25) is 0 Å². The Morgan fingerprint density at radius 2 is 1.85 bits per heavy atom. The number of benzene rings is 1. The van der Waals surface area contributed by atoms with Crippen LogP contribution in [0.3, 0.4) is 0 Å². The summed E-state index contributed by atoms with van der Waals surface area (Å²) in [5.74, 6) is 0.935. The molecule has 5 heteroatoms. The molecule has 0 spiro atoms. The summed E-state index contributed by atoms with van der Waals surface area (Å²) >= 11 is 0. The Bertz CT molecular complexity index is 855. The van der Waals surface area contributed by atoms with Crippen molar-refractivity contribution in [3.8, 4) is 0 Å². The largest absolute Gasteiger partial charge is 0.388 e. The van der Waals surface area contributed by atoms with Crippen molar-refractivity contribution >= 4 is 17.0 Å². The van der Waals surface area contributed by atoms with Crippen molar-refractivity contribution in [1.82, 2.24) is 15.0 Å². The van der Waals surface area contributed by atoms with Gasteiger partial charge in [0, 0.05) is 25.0 Å². The molecule has 1 saturated heterocycles. The predicted molar refractivity (Wildman–Crippen MR) is 103 cm³/mol. The van der Waals surface area contributed by atoms with E-state index in [0.717, 1.165) is 36.3 Å². The Morgan fingerprint density at radius 1 is 1.00 bits per heavy atom. The van der Waals surface area contributed by atoms with Crippen molar-refractivity contribution in [1.29, 1.82) is 0 Å². The molecule has 3 heterocycles. The number of aliphatic hydroxyl groups is 1. The second kappa shape index (κ2) is 7.79. The maximum absolute atomic E-state index is 10.7. The maximum Gasteiger partial charge on any atom is 0.180 e. The van der Waals surface area contributed by atoms with Gasteiger partial charge in [-0.15, -0.1) is 0 Å². The Hall–Kier alpha value is -2.53. The molecular formula is C21H24N4O. The van der Waals surface area contributed by atoms with E-state index in [1.807, 2.05) is 42.5 Å². The van der Waals surface area contributed by atoms with Crippen molar-refractivity contribution in [3.05, 3.63) is 60.4 Å². The van der Waals surface area contributed by atoms with Crippen LogP contribution in [0.1, 0.15) is 43.8 Å². The highest BCUT2D eigenvalue weighted by atomic mass is 16.3. The van der Waals surface area contributed by atoms with E-state index in [4.69, 9.17) is 4.98 Å². The minimum Gasteiger partial charge on any atom is -0.388 e. The average Bonchev–Trinajstić information content (AvgIpc) is 2.93. The average molecular weight is 348 g/mol. The molecular weight excluding hydrogens is 324 g/mol. The molecule has 4 rings (SSSR count). The Morgan fingerprint density at radius 3 is 2.73 bits per heavy atom. The Labute approximate surface area is 153 Å². The Balaban J connectivity index is 1.60.